The van der Waals surface area contributed by atoms with Crippen molar-refractivity contribution in [2.45, 2.75) is 19.1 Å². The summed E-state index contributed by atoms with van der Waals surface area (Å²) in [5, 5.41) is 21.0. The van der Waals surface area contributed by atoms with Crippen molar-refractivity contribution in [2.75, 3.05) is 20.3 Å². The van der Waals surface area contributed by atoms with Crippen molar-refractivity contribution in [3.63, 3.8) is 0 Å². The minimum absolute atomic E-state index is 0.132. The van der Waals surface area contributed by atoms with Crippen LogP contribution in [0.5, 0.6) is 5.75 Å². The van der Waals surface area contributed by atoms with E-state index in [-0.39, 0.29) is 12.6 Å². The van der Waals surface area contributed by atoms with E-state index in [1.807, 2.05) is 31.2 Å². The molecule has 3 N–H and O–H groups in total. The van der Waals surface area contributed by atoms with Crippen LogP contribution in [0.4, 0.5) is 0 Å². The van der Waals surface area contributed by atoms with Crippen LogP contribution in [0.15, 0.2) is 24.3 Å². The van der Waals surface area contributed by atoms with Crippen molar-refractivity contribution in [1.82, 2.24) is 5.32 Å². The molecule has 0 saturated heterocycles. The van der Waals surface area contributed by atoms with Crippen LogP contribution in [0, 0.1) is 0 Å². The second-order valence-corrected chi connectivity index (χ2v) is 3.74. The molecule has 0 fully saturated rings. The van der Waals surface area contributed by atoms with Crippen LogP contribution in [0.3, 0.4) is 0 Å². The number of ether oxygens (including phenoxy) is 1. The molecule has 1 aromatic rings. The third kappa shape index (κ3) is 3.81. The molecule has 0 amide bonds. The van der Waals surface area contributed by atoms with E-state index in [2.05, 4.69) is 5.32 Å². The highest BCUT2D eigenvalue weighted by Crippen LogP contribution is 2.16. The molecule has 4 nitrogen and oxygen atoms in total. The van der Waals surface area contributed by atoms with Gasteiger partial charge in [-0.05, 0) is 24.6 Å². The highest BCUT2D eigenvalue weighted by molar-refractivity contribution is 5.28. The lowest BCUT2D eigenvalue weighted by Gasteiger charge is -2.16. The van der Waals surface area contributed by atoms with Crippen LogP contribution in [0.1, 0.15) is 18.5 Å². The quantitative estimate of drug-likeness (QED) is 0.667. The van der Waals surface area contributed by atoms with Crippen molar-refractivity contribution < 1.29 is 14.9 Å². The van der Waals surface area contributed by atoms with Crippen molar-refractivity contribution in [3.8, 4) is 5.75 Å². The fourth-order valence-corrected chi connectivity index (χ4v) is 1.39. The molecule has 2 atom stereocenters. The number of rotatable bonds is 6. The Morgan fingerprint density at radius 2 is 1.94 bits per heavy atom. The Morgan fingerprint density at radius 1 is 1.31 bits per heavy atom. The number of hydrogen-bond donors (Lipinski definition) is 3. The van der Waals surface area contributed by atoms with Gasteiger partial charge in [-0.25, -0.2) is 0 Å². The van der Waals surface area contributed by atoms with E-state index in [9.17, 15) is 5.11 Å². The molecule has 0 aliphatic carbocycles. The van der Waals surface area contributed by atoms with Gasteiger partial charge < -0.3 is 20.3 Å². The Labute approximate surface area is 95.9 Å². The average Bonchev–Trinajstić information content (AvgIpc) is 2.35. The summed E-state index contributed by atoms with van der Waals surface area (Å²) in [5.41, 5.74) is 1.12. The molecular weight excluding hydrogens is 206 g/mol. The maximum Gasteiger partial charge on any atom is 0.118 e. The zero-order valence-corrected chi connectivity index (χ0v) is 9.68. The summed E-state index contributed by atoms with van der Waals surface area (Å²) < 4.78 is 5.07. The largest absolute Gasteiger partial charge is 0.497 e. The molecule has 0 aliphatic heterocycles. The van der Waals surface area contributed by atoms with Gasteiger partial charge in [-0.15, -0.1) is 0 Å². The van der Waals surface area contributed by atoms with Gasteiger partial charge in [-0.3, -0.25) is 0 Å². The van der Waals surface area contributed by atoms with E-state index < -0.39 is 6.10 Å². The molecule has 1 unspecified atom stereocenters. The lowest BCUT2D eigenvalue weighted by atomic mass is 10.1. The topological polar surface area (TPSA) is 61.7 Å². The SMILES string of the molecule is COc1ccc([C@@H](C)NCC(O)CO)cc1. The fourth-order valence-electron chi connectivity index (χ4n) is 1.39. The number of methoxy groups -OCH3 is 1. The fraction of sp³-hybridized carbons (Fsp3) is 0.500. The van der Waals surface area contributed by atoms with E-state index in [0.29, 0.717) is 6.54 Å². The monoisotopic (exact) mass is 225 g/mol. The van der Waals surface area contributed by atoms with E-state index >= 15 is 0 Å². The summed E-state index contributed by atoms with van der Waals surface area (Å²) in [7, 11) is 1.63. The van der Waals surface area contributed by atoms with Crippen molar-refractivity contribution in [2.24, 2.45) is 0 Å². The molecule has 0 spiro atoms. The second kappa shape index (κ2) is 6.48. The second-order valence-electron chi connectivity index (χ2n) is 3.74. The van der Waals surface area contributed by atoms with Crippen molar-refractivity contribution >= 4 is 0 Å². The molecule has 0 aliphatic rings. The first kappa shape index (κ1) is 13.0. The number of aliphatic hydroxyl groups is 2. The molecule has 0 bridgehead atoms. The van der Waals surface area contributed by atoms with Gasteiger partial charge in [0.25, 0.3) is 0 Å². The molecule has 16 heavy (non-hydrogen) atoms. The predicted molar refractivity (Wildman–Crippen MR) is 62.5 cm³/mol. The zero-order valence-electron chi connectivity index (χ0n) is 9.68. The van der Waals surface area contributed by atoms with Crippen LogP contribution in [-0.4, -0.2) is 36.6 Å². The molecular formula is C12H19NO3. The Kier molecular flexibility index (Phi) is 5.25. The first-order valence-corrected chi connectivity index (χ1v) is 5.33. The van der Waals surface area contributed by atoms with Crippen molar-refractivity contribution in [3.05, 3.63) is 29.8 Å². The molecule has 0 radical (unpaired) electrons. The Hall–Kier alpha value is -1.10. The van der Waals surface area contributed by atoms with Gasteiger partial charge in [0, 0.05) is 12.6 Å². The third-order valence-corrected chi connectivity index (χ3v) is 2.49. The molecule has 4 heteroatoms. The van der Waals surface area contributed by atoms with Crippen LogP contribution < -0.4 is 10.1 Å². The lowest BCUT2D eigenvalue weighted by molar-refractivity contribution is 0.0924. The molecule has 0 saturated carbocycles. The van der Waals surface area contributed by atoms with Gasteiger partial charge in [-0.2, -0.15) is 0 Å². The van der Waals surface area contributed by atoms with E-state index in [1.165, 1.54) is 0 Å². The first-order valence-electron chi connectivity index (χ1n) is 5.33. The van der Waals surface area contributed by atoms with Crippen LogP contribution in [0.25, 0.3) is 0 Å². The lowest BCUT2D eigenvalue weighted by Crippen LogP contribution is -2.31. The first-order chi connectivity index (χ1) is 7.67. The highest BCUT2D eigenvalue weighted by Gasteiger charge is 2.07. The Balaban J connectivity index is 2.49. The summed E-state index contributed by atoms with van der Waals surface area (Å²) in [6.07, 6.45) is -0.708. The number of nitrogens with one attached hydrogen (secondary N) is 1. The molecule has 1 aromatic carbocycles. The van der Waals surface area contributed by atoms with Gasteiger partial charge in [0.05, 0.1) is 19.8 Å². The minimum atomic E-state index is -0.708. The smallest absolute Gasteiger partial charge is 0.118 e. The van der Waals surface area contributed by atoms with Crippen molar-refractivity contribution in [1.29, 1.82) is 0 Å². The van der Waals surface area contributed by atoms with Gasteiger partial charge in [0.1, 0.15) is 5.75 Å². The summed E-state index contributed by atoms with van der Waals surface area (Å²) in [6.45, 7) is 2.16. The Bertz CT molecular complexity index is 300. The van der Waals surface area contributed by atoms with Gasteiger partial charge in [-0.1, -0.05) is 12.1 Å². The Morgan fingerprint density at radius 3 is 2.44 bits per heavy atom. The minimum Gasteiger partial charge on any atom is -0.497 e. The van der Waals surface area contributed by atoms with Crippen LogP contribution in [0.2, 0.25) is 0 Å². The highest BCUT2D eigenvalue weighted by atomic mass is 16.5. The third-order valence-electron chi connectivity index (χ3n) is 2.49. The standard InChI is InChI=1S/C12H19NO3/c1-9(13-7-11(15)8-14)10-3-5-12(16-2)6-4-10/h3-6,9,11,13-15H,7-8H2,1-2H3/t9-,11?/m1/s1. The zero-order chi connectivity index (χ0) is 12.0. The summed E-state index contributed by atoms with van der Waals surface area (Å²) in [4.78, 5) is 0. The summed E-state index contributed by atoms with van der Waals surface area (Å²) in [5.74, 6) is 0.825. The summed E-state index contributed by atoms with van der Waals surface area (Å²) >= 11 is 0. The normalized spacial score (nSPS) is 14.5. The van der Waals surface area contributed by atoms with Gasteiger partial charge >= 0.3 is 0 Å². The van der Waals surface area contributed by atoms with E-state index in [0.717, 1.165) is 11.3 Å². The maximum atomic E-state index is 9.20. The number of hydrogen-bond acceptors (Lipinski definition) is 4. The molecule has 90 valence electrons. The maximum absolute atomic E-state index is 9.20. The number of benzene rings is 1. The number of aliphatic hydroxyl groups excluding tert-OH is 2. The summed E-state index contributed by atoms with van der Waals surface area (Å²) in [6, 6.07) is 7.88. The van der Waals surface area contributed by atoms with E-state index in [1.54, 1.807) is 7.11 Å². The predicted octanol–water partition coefficient (Wildman–Crippen LogP) is 0.699. The van der Waals surface area contributed by atoms with Crippen LogP contribution >= 0.6 is 0 Å². The van der Waals surface area contributed by atoms with Gasteiger partial charge in [0.2, 0.25) is 0 Å². The van der Waals surface area contributed by atoms with E-state index in [4.69, 9.17) is 9.84 Å². The molecule has 0 aromatic heterocycles. The molecule has 0 heterocycles. The van der Waals surface area contributed by atoms with Crippen LogP contribution in [-0.2, 0) is 0 Å². The molecule has 1 rings (SSSR count). The average molecular weight is 225 g/mol. The van der Waals surface area contributed by atoms with Gasteiger partial charge in [0.15, 0.2) is 0 Å².